The summed E-state index contributed by atoms with van der Waals surface area (Å²) in [6.07, 6.45) is -0.779. The Labute approximate surface area is 338 Å². The van der Waals surface area contributed by atoms with Crippen molar-refractivity contribution in [1.82, 2.24) is 24.0 Å². The maximum Gasteiger partial charge on any atom is 0.437 e. The van der Waals surface area contributed by atoms with Gasteiger partial charge in [-0.25, -0.2) is 27.9 Å². The van der Waals surface area contributed by atoms with E-state index in [2.05, 4.69) is 9.98 Å². The molecule has 0 spiro atoms. The number of para-hydroxylation sites is 1. The zero-order chi connectivity index (χ0) is 41.2. The topological polar surface area (TPSA) is 151 Å². The molecule has 3 amide bonds. The minimum absolute atomic E-state index is 0.0390. The Kier molecular flexibility index (Phi) is 13.1. The third-order valence-electron chi connectivity index (χ3n) is 9.05. The second kappa shape index (κ2) is 17.1. The number of rotatable bonds is 7. The highest BCUT2D eigenvalue weighted by Gasteiger charge is 2.43. The van der Waals surface area contributed by atoms with Crippen LogP contribution < -0.4 is 4.74 Å². The Balaban J connectivity index is 1.33. The smallest absolute Gasteiger partial charge is 0.437 e. The van der Waals surface area contributed by atoms with Gasteiger partial charge in [-0.05, 0) is 92.5 Å². The highest BCUT2D eigenvalue weighted by atomic mass is 35.5. The van der Waals surface area contributed by atoms with Gasteiger partial charge < -0.3 is 24.0 Å². The van der Waals surface area contributed by atoms with Crippen LogP contribution in [0.25, 0.3) is 10.9 Å². The number of aryl methyl sites for hydroxylation is 1. The molecule has 2 aliphatic rings. The number of benzene rings is 2. The lowest BCUT2D eigenvalue weighted by Gasteiger charge is -2.40. The molecule has 5 rings (SSSR count). The van der Waals surface area contributed by atoms with Crippen LogP contribution in [0.1, 0.15) is 72.6 Å². The van der Waals surface area contributed by atoms with Gasteiger partial charge in [-0.2, -0.15) is 4.31 Å². The third kappa shape index (κ3) is 10.0. The van der Waals surface area contributed by atoms with E-state index in [1.54, 1.807) is 64.3 Å². The molecule has 3 aromatic rings. The van der Waals surface area contributed by atoms with E-state index in [-0.39, 0.29) is 78.2 Å². The number of fused-ring (bicyclic) bond motifs is 1. The summed E-state index contributed by atoms with van der Waals surface area (Å²) in [7, 11) is -4.27. The molecule has 17 heteroatoms. The first kappa shape index (κ1) is 43.0. The number of ether oxygens (including phenoxy) is 3. The Bertz CT molecular complexity index is 2110. The Morgan fingerprint density at radius 1 is 0.911 bits per heavy atom. The molecule has 0 saturated carbocycles. The fourth-order valence-corrected chi connectivity index (χ4v) is 8.98. The summed E-state index contributed by atoms with van der Waals surface area (Å²) < 4.78 is 46.9. The summed E-state index contributed by atoms with van der Waals surface area (Å²) in [5, 5.41) is 1.02. The van der Waals surface area contributed by atoms with Gasteiger partial charge in [0.2, 0.25) is 21.9 Å². The van der Waals surface area contributed by atoms with E-state index in [0.29, 0.717) is 24.1 Å². The second-order valence-corrected chi connectivity index (χ2v) is 18.3. The van der Waals surface area contributed by atoms with Gasteiger partial charge in [-0.15, -0.1) is 4.99 Å². The quantitative estimate of drug-likeness (QED) is 0.176. The largest absolute Gasteiger partial charge is 0.487 e. The van der Waals surface area contributed by atoms with Crippen molar-refractivity contribution in [1.29, 1.82) is 0 Å². The van der Waals surface area contributed by atoms with E-state index >= 15 is 0 Å². The molecule has 0 bridgehead atoms. The van der Waals surface area contributed by atoms with Crippen molar-refractivity contribution < 1.29 is 37.0 Å². The SMILES string of the molecule is CCN(C(=O)OC(C)(C)C)C(=NC(=O)OC(C)(C)C)N1CCN(C(=O)[C@@H]2CCCN2S(=O)(=O)c2ccc(Cl)c(COc3cccc4ccc(C)nc34)c2Cl)CC1. The summed E-state index contributed by atoms with van der Waals surface area (Å²) in [6, 6.07) is 11.2. The summed E-state index contributed by atoms with van der Waals surface area (Å²) in [5.41, 5.74) is 0.120. The molecule has 1 atom stereocenters. The molecule has 0 aliphatic carbocycles. The minimum atomic E-state index is -4.27. The van der Waals surface area contributed by atoms with Crippen molar-refractivity contribution in [3.63, 3.8) is 0 Å². The molecule has 3 heterocycles. The number of piperazine rings is 1. The summed E-state index contributed by atoms with van der Waals surface area (Å²) in [4.78, 5) is 53.4. The Hall–Kier alpha value is -4.18. The molecule has 2 aromatic carbocycles. The number of hydrogen-bond acceptors (Lipinski definition) is 9. The molecule has 0 radical (unpaired) electrons. The van der Waals surface area contributed by atoms with E-state index in [0.717, 1.165) is 11.1 Å². The predicted octanol–water partition coefficient (Wildman–Crippen LogP) is 7.27. The van der Waals surface area contributed by atoms with Crippen LogP contribution in [0.4, 0.5) is 9.59 Å². The summed E-state index contributed by atoms with van der Waals surface area (Å²) in [6.45, 7) is 14.8. The lowest BCUT2D eigenvalue weighted by molar-refractivity contribution is -0.136. The minimum Gasteiger partial charge on any atom is -0.487 e. The first-order valence-corrected chi connectivity index (χ1v) is 20.7. The zero-order valence-electron chi connectivity index (χ0n) is 33.1. The standard InChI is InChI=1S/C39H50Cl2N6O8S/c1-9-46(37(50)55-39(6,7)8)35(43-36(49)54-38(3,4)5)45-22-20-44(21-23-45)34(48)29-13-11-19-47(29)56(51,52)31-18-17-28(40)27(32(31)41)24-53-30-14-10-12-26-16-15-25(2)42-33(26)30/h10,12,14-18,29H,9,11,13,19-24H2,1-8H3/t29-/m0/s1. The van der Waals surface area contributed by atoms with Gasteiger partial charge in [-0.1, -0.05) is 41.4 Å². The molecule has 14 nitrogen and oxygen atoms in total. The molecule has 0 N–H and O–H groups in total. The average molecular weight is 834 g/mol. The fraction of sp³-hybridized carbons (Fsp3) is 0.513. The molecule has 2 aliphatic heterocycles. The second-order valence-electron chi connectivity index (χ2n) is 15.6. The van der Waals surface area contributed by atoms with Gasteiger partial charge in [0.15, 0.2) is 0 Å². The monoisotopic (exact) mass is 832 g/mol. The van der Waals surface area contributed by atoms with Crippen molar-refractivity contribution in [3.8, 4) is 5.75 Å². The van der Waals surface area contributed by atoms with Gasteiger partial charge in [0.05, 0.1) is 5.02 Å². The van der Waals surface area contributed by atoms with Gasteiger partial charge in [0, 0.05) is 60.9 Å². The number of aromatic nitrogens is 1. The molecule has 1 aromatic heterocycles. The van der Waals surface area contributed by atoms with Crippen molar-refractivity contribution in [2.75, 3.05) is 39.3 Å². The van der Waals surface area contributed by atoms with Gasteiger partial charge in [-0.3, -0.25) is 4.79 Å². The molecule has 2 saturated heterocycles. The number of amides is 3. The van der Waals surface area contributed by atoms with Crippen LogP contribution in [0.2, 0.25) is 10.0 Å². The van der Waals surface area contributed by atoms with Crippen molar-refractivity contribution in [2.24, 2.45) is 4.99 Å². The Morgan fingerprint density at radius 3 is 2.21 bits per heavy atom. The van der Waals surface area contributed by atoms with E-state index in [9.17, 15) is 22.8 Å². The van der Waals surface area contributed by atoms with Gasteiger partial charge in [0.1, 0.15) is 40.0 Å². The highest BCUT2D eigenvalue weighted by molar-refractivity contribution is 7.89. The van der Waals surface area contributed by atoms with E-state index < -0.39 is 39.5 Å². The van der Waals surface area contributed by atoms with Crippen LogP contribution in [0, 0.1) is 6.92 Å². The molecule has 56 heavy (non-hydrogen) atoms. The first-order valence-electron chi connectivity index (χ1n) is 18.5. The number of sulfonamides is 1. The molecule has 0 unspecified atom stereocenters. The third-order valence-corrected chi connectivity index (χ3v) is 11.9. The number of halogens is 2. The van der Waals surface area contributed by atoms with E-state index in [1.165, 1.54) is 21.3 Å². The number of pyridine rings is 1. The lowest BCUT2D eigenvalue weighted by Crippen LogP contribution is -2.58. The van der Waals surface area contributed by atoms with Gasteiger partial charge >= 0.3 is 12.2 Å². The van der Waals surface area contributed by atoms with Crippen LogP contribution in [-0.4, -0.2) is 113 Å². The number of guanidine groups is 1. The summed E-state index contributed by atoms with van der Waals surface area (Å²) >= 11 is 13.4. The number of carbonyl (C=O) groups is 3. The van der Waals surface area contributed by atoms with Crippen LogP contribution >= 0.6 is 23.2 Å². The molecule has 2 fully saturated rings. The fourth-order valence-electron chi connectivity index (χ4n) is 6.47. The molecule has 304 valence electrons. The summed E-state index contributed by atoms with van der Waals surface area (Å²) in [5.74, 6) is 0.174. The van der Waals surface area contributed by atoms with Crippen LogP contribution in [0.3, 0.4) is 0 Å². The first-order chi connectivity index (χ1) is 26.2. The molecular formula is C39H50Cl2N6O8S. The van der Waals surface area contributed by atoms with Crippen molar-refractivity contribution in [2.45, 2.75) is 97.0 Å². The van der Waals surface area contributed by atoms with E-state index in [1.807, 2.05) is 31.2 Å². The maximum absolute atomic E-state index is 14.3. The zero-order valence-corrected chi connectivity index (χ0v) is 35.4. The van der Waals surface area contributed by atoms with Crippen molar-refractivity contribution in [3.05, 3.63) is 63.8 Å². The average Bonchev–Trinajstić information content (AvgIpc) is 3.61. The normalized spacial score (nSPS) is 17.2. The Morgan fingerprint density at radius 2 is 1.57 bits per heavy atom. The predicted molar refractivity (Wildman–Crippen MR) is 215 cm³/mol. The molecular weight excluding hydrogens is 783 g/mol. The highest BCUT2D eigenvalue weighted by Crippen LogP contribution is 2.37. The van der Waals surface area contributed by atoms with Crippen LogP contribution in [0.5, 0.6) is 5.75 Å². The number of nitrogens with zero attached hydrogens (tertiary/aromatic N) is 6. The van der Waals surface area contributed by atoms with Crippen LogP contribution in [-0.2, 0) is 30.9 Å². The van der Waals surface area contributed by atoms with E-state index in [4.69, 9.17) is 37.4 Å². The maximum atomic E-state index is 14.3. The number of aliphatic imine (C=N–C) groups is 1. The number of carbonyl (C=O) groups excluding carboxylic acids is 3. The van der Waals surface area contributed by atoms with Crippen molar-refractivity contribution >= 4 is 68.2 Å². The number of hydrogen-bond donors (Lipinski definition) is 0. The van der Waals surface area contributed by atoms with Gasteiger partial charge in [0.25, 0.3) is 0 Å². The van der Waals surface area contributed by atoms with Crippen LogP contribution in [0.15, 0.2) is 52.4 Å². The lowest BCUT2D eigenvalue weighted by atomic mass is 10.2.